The molecule has 12 heteroatoms. The van der Waals surface area contributed by atoms with Crippen LogP contribution in [0.2, 0.25) is 0 Å². The summed E-state index contributed by atoms with van der Waals surface area (Å²) in [6.07, 6.45) is -0.589. The van der Waals surface area contributed by atoms with Gasteiger partial charge < -0.3 is 20.5 Å². The van der Waals surface area contributed by atoms with E-state index in [0.29, 0.717) is 18.6 Å². The van der Waals surface area contributed by atoms with E-state index in [4.69, 9.17) is 9.84 Å². The highest BCUT2D eigenvalue weighted by Crippen LogP contribution is 2.24. The van der Waals surface area contributed by atoms with Gasteiger partial charge in [-0.25, -0.2) is 17.2 Å². The zero-order valence-corrected chi connectivity index (χ0v) is 15.7. The standard InChI is InChI=1S/C16H21F2N3O6S/c17-11-3-4-12(18)13(9-11)28(25,26)21-6-2-8-27-14(21)10-20-16(24)15(23)19-5-1-7-22/h3-4,9,14,22H,1-2,5-8,10H2,(H,19,23)(H,20,24)/t14-/m0/s1. The molecule has 2 rings (SSSR count). The van der Waals surface area contributed by atoms with Crippen LogP contribution in [0, 0.1) is 11.6 Å². The first-order valence-electron chi connectivity index (χ1n) is 8.52. The maximum atomic E-state index is 14.0. The Morgan fingerprint density at radius 2 is 1.96 bits per heavy atom. The molecule has 0 unspecified atom stereocenters. The number of benzene rings is 1. The molecule has 0 bridgehead atoms. The summed E-state index contributed by atoms with van der Waals surface area (Å²) < 4.78 is 59.0. The Morgan fingerprint density at radius 1 is 1.25 bits per heavy atom. The predicted octanol–water partition coefficient (Wildman–Crippen LogP) is -0.683. The third-order valence-electron chi connectivity index (χ3n) is 3.90. The molecular formula is C16H21F2N3O6S. The molecule has 156 valence electrons. The van der Waals surface area contributed by atoms with Gasteiger partial charge in [0.05, 0.1) is 13.2 Å². The van der Waals surface area contributed by atoms with Crippen LogP contribution in [0.15, 0.2) is 23.1 Å². The Bertz CT molecular complexity index is 821. The minimum Gasteiger partial charge on any atom is -0.396 e. The second kappa shape index (κ2) is 9.87. The highest BCUT2D eigenvalue weighted by Gasteiger charge is 2.36. The lowest BCUT2D eigenvalue weighted by Crippen LogP contribution is -2.53. The van der Waals surface area contributed by atoms with Crippen LogP contribution < -0.4 is 10.6 Å². The molecule has 0 spiro atoms. The first-order valence-corrected chi connectivity index (χ1v) is 9.96. The van der Waals surface area contributed by atoms with Gasteiger partial charge in [0.1, 0.15) is 22.8 Å². The number of carbonyl (C=O) groups is 2. The lowest BCUT2D eigenvalue weighted by atomic mass is 10.3. The fourth-order valence-corrected chi connectivity index (χ4v) is 4.17. The zero-order chi connectivity index (χ0) is 20.7. The molecule has 3 N–H and O–H groups in total. The van der Waals surface area contributed by atoms with E-state index in [1.54, 1.807) is 0 Å². The summed E-state index contributed by atoms with van der Waals surface area (Å²) in [6.45, 7) is -0.242. The van der Waals surface area contributed by atoms with Gasteiger partial charge >= 0.3 is 11.8 Å². The molecule has 1 heterocycles. The highest BCUT2D eigenvalue weighted by molar-refractivity contribution is 7.89. The lowest BCUT2D eigenvalue weighted by Gasteiger charge is -2.34. The molecule has 0 saturated carbocycles. The third kappa shape index (κ3) is 5.44. The van der Waals surface area contributed by atoms with Gasteiger partial charge in [0, 0.05) is 19.7 Å². The van der Waals surface area contributed by atoms with Gasteiger partial charge in [-0.2, -0.15) is 4.31 Å². The molecule has 0 aromatic heterocycles. The maximum absolute atomic E-state index is 14.0. The Balaban J connectivity index is 2.08. The van der Waals surface area contributed by atoms with Crippen molar-refractivity contribution in [1.82, 2.24) is 14.9 Å². The van der Waals surface area contributed by atoms with E-state index < -0.39 is 44.6 Å². The third-order valence-corrected chi connectivity index (χ3v) is 5.80. The molecule has 2 amide bonds. The van der Waals surface area contributed by atoms with Gasteiger partial charge in [0.15, 0.2) is 0 Å². The number of halogens is 2. The van der Waals surface area contributed by atoms with Crippen molar-refractivity contribution in [2.45, 2.75) is 24.0 Å². The van der Waals surface area contributed by atoms with E-state index in [9.17, 15) is 26.8 Å². The van der Waals surface area contributed by atoms with Crippen LogP contribution in [0.1, 0.15) is 12.8 Å². The summed E-state index contributed by atoms with van der Waals surface area (Å²) >= 11 is 0. The SMILES string of the molecule is O=C(NCCCO)C(=O)NC[C@@H]1OCCCN1S(=O)(=O)c1cc(F)ccc1F. The number of aliphatic hydroxyl groups excluding tert-OH is 1. The van der Waals surface area contributed by atoms with E-state index in [2.05, 4.69) is 10.6 Å². The molecule has 1 aromatic carbocycles. The second-order valence-corrected chi connectivity index (χ2v) is 7.77. The second-order valence-electron chi connectivity index (χ2n) is 5.91. The van der Waals surface area contributed by atoms with Gasteiger partial charge in [-0.3, -0.25) is 9.59 Å². The molecule has 1 saturated heterocycles. The Labute approximate surface area is 160 Å². The van der Waals surface area contributed by atoms with Crippen molar-refractivity contribution in [2.75, 3.05) is 32.8 Å². The first kappa shape index (κ1) is 22.1. The smallest absolute Gasteiger partial charge is 0.309 e. The summed E-state index contributed by atoms with van der Waals surface area (Å²) in [6, 6.07) is 2.08. The minimum atomic E-state index is -4.44. The summed E-state index contributed by atoms with van der Waals surface area (Å²) in [5, 5.41) is 13.2. The largest absolute Gasteiger partial charge is 0.396 e. The predicted molar refractivity (Wildman–Crippen MR) is 92.3 cm³/mol. The molecule has 1 aliphatic heterocycles. The van der Waals surface area contributed by atoms with Gasteiger partial charge in [0.2, 0.25) is 10.0 Å². The van der Waals surface area contributed by atoms with Crippen LogP contribution in [-0.4, -0.2) is 68.7 Å². The lowest BCUT2D eigenvalue weighted by molar-refractivity contribution is -0.140. The Hall–Kier alpha value is -2.15. The number of hydrogen-bond acceptors (Lipinski definition) is 6. The Morgan fingerprint density at radius 3 is 2.68 bits per heavy atom. The summed E-state index contributed by atoms with van der Waals surface area (Å²) in [4.78, 5) is 22.6. The topological polar surface area (TPSA) is 125 Å². The van der Waals surface area contributed by atoms with E-state index in [1.807, 2.05) is 0 Å². The maximum Gasteiger partial charge on any atom is 0.309 e. The van der Waals surface area contributed by atoms with Crippen LogP contribution in [0.5, 0.6) is 0 Å². The van der Waals surface area contributed by atoms with Crippen molar-refractivity contribution in [3.63, 3.8) is 0 Å². The zero-order valence-electron chi connectivity index (χ0n) is 14.9. The number of nitrogens with one attached hydrogen (secondary N) is 2. The van der Waals surface area contributed by atoms with E-state index in [-0.39, 0.29) is 39.3 Å². The molecule has 1 atom stereocenters. The number of sulfonamides is 1. The van der Waals surface area contributed by atoms with Crippen molar-refractivity contribution in [1.29, 1.82) is 0 Å². The molecule has 28 heavy (non-hydrogen) atoms. The van der Waals surface area contributed by atoms with Crippen LogP contribution in [0.3, 0.4) is 0 Å². The van der Waals surface area contributed by atoms with Gasteiger partial charge in [-0.05, 0) is 31.0 Å². The number of aliphatic hydroxyl groups is 1. The molecule has 0 radical (unpaired) electrons. The molecule has 0 aliphatic carbocycles. The van der Waals surface area contributed by atoms with Crippen molar-refractivity contribution < 1.29 is 36.6 Å². The monoisotopic (exact) mass is 421 g/mol. The van der Waals surface area contributed by atoms with Gasteiger partial charge in [0.25, 0.3) is 0 Å². The quantitative estimate of drug-likeness (QED) is 0.396. The number of hydrogen-bond donors (Lipinski definition) is 3. The molecular weight excluding hydrogens is 400 g/mol. The normalized spacial score (nSPS) is 17.9. The van der Waals surface area contributed by atoms with E-state index >= 15 is 0 Å². The van der Waals surface area contributed by atoms with E-state index in [0.717, 1.165) is 10.4 Å². The summed E-state index contributed by atoms with van der Waals surface area (Å²) in [5.41, 5.74) is 0. The van der Waals surface area contributed by atoms with Gasteiger partial charge in [-0.15, -0.1) is 0 Å². The minimum absolute atomic E-state index is 0.0263. The fourth-order valence-electron chi connectivity index (χ4n) is 2.53. The number of ether oxygens (including phenoxy) is 1. The van der Waals surface area contributed by atoms with Crippen molar-refractivity contribution >= 4 is 21.8 Å². The number of carbonyl (C=O) groups excluding carboxylic acids is 2. The summed E-state index contributed by atoms with van der Waals surface area (Å²) in [5.74, 6) is -3.99. The van der Waals surface area contributed by atoms with Crippen molar-refractivity contribution in [2.24, 2.45) is 0 Å². The first-order chi connectivity index (χ1) is 13.3. The fraction of sp³-hybridized carbons (Fsp3) is 0.500. The number of nitrogens with zero attached hydrogens (tertiary/aromatic N) is 1. The molecule has 9 nitrogen and oxygen atoms in total. The summed E-state index contributed by atoms with van der Waals surface area (Å²) in [7, 11) is -4.44. The van der Waals surface area contributed by atoms with Crippen LogP contribution in [0.4, 0.5) is 8.78 Å². The average molecular weight is 421 g/mol. The van der Waals surface area contributed by atoms with Crippen LogP contribution >= 0.6 is 0 Å². The molecule has 1 fully saturated rings. The van der Waals surface area contributed by atoms with Crippen LogP contribution in [0.25, 0.3) is 0 Å². The van der Waals surface area contributed by atoms with Crippen molar-refractivity contribution in [3.8, 4) is 0 Å². The van der Waals surface area contributed by atoms with E-state index in [1.165, 1.54) is 0 Å². The van der Waals surface area contributed by atoms with Crippen LogP contribution in [-0.2, 0) is 24.3 Å². The molecule has 1 aromatic rings. The Kier molecular flexibility index (Phi) is 7.80. The number of amides is 2. The van der Waals surface area contributed by atoms with Gasteiger partial charge in [-0.1, -0.05) is 0 Å². The average Bonchev–Trinajstić information content (AvgIpc) is 2.68. The molecule has 1 aliphatic rings. The van der Waals surface area contributed by atoms with Crippen molar-refractivity contribution in [3.05, 3.63) is 29.8 Å². The highest BCUT2D eigenvalue weighted by atomic mass is 32.2. The number of rotatable bonds is 7.